The van der Waals surface area contributed by atoms with E-state index in [2.05, 4.69) is 77.6 Å². The molecule has 7 heteroatoms. The first-order valence-corrected chi connectivity index (χ1v) is 12.0. The molecule has 0 bridgehead atoms. The Morgan fingerprint density at radius 1 is 1.12 bits per heavy atom. The van der Waals surface area contributed by atoms with Crippen molar-refractivity contribution >= 4 is 41.5 Å². The Labute approximate surface area is 210 Å². The number of nitrogens with one attached hydrogen (secondary N) is 2. The lowest BCUT2D eigenvalue weighted by Crippen LogP contribution is -2.50. The van der Waals surface area contributed by atoms with E-state index in [1.54, 1.807) is 0 Å². The van der Waals surface area contributed by atoms with Gasteiger partial charge in [-0.2, -0.15) is 0 Å². The van der Waals surface area contributed by atoms with E-state index in [1.165, 1.54) is 11.3 Å². The highest BCUT2D eigenvalue weighted by molar-refractivity contribution is 14.0. The Hall–Kier alpha value is -1.77. The molecule has 0 spiro atoms. The number of hydrogen-bond acceptors (Lipinski definition) is 3. The first-order chi connectivity index (χ1) is 15.1. The van der Waals surface area contributed by atoms with Gasteiger partial charge >= 0.3 is 0 Å². The minimum absolute atomic E-state index is 0. The summed E-state index contributed by atoms with van der Waals surface area (Å²) in [5.74, 6) is 1.37. The summed E-state index contributed by atoms with van der Waals surface area (Å²) in [7, 11) is 0. The van der Waals surface area contributed by atoms with Gasteiger partial charge in [0.25, 0.3) is 0 Å². The molecule has 1 saturated heterocycles. The molecule has 178 valence electrons. The Morgan fingerprint density at radius 3 is 2.44 bits per heavy atom. The second-order valence-electron chi connectivity index (χ2n) is 8.50. The van der Waals surface area contributed by atoms with E-state index in [9.17, 15) is 4.79 Å². The molecule has 0 aromatic heterocycles. The lowest BCUT2D eigenvalue weighted by molar-refractivity contribution is -0.136. The van der Waals surface area contributed by atoms with Crippen molar-refractivity contribution in [1.82, 2.24) is 15.5 Å². The highest BCUT2D eigenvalue weighted by Gasteiger charge is 2.26. The van der Waals surface area contributed by atoms with E-state index >= 15 is 0 Å². The lowest BCUT2D eigenvalue weighted by atomic mass is 9.98. The molecule has 1 amide bonds. The molecular formula is C25H40IN5O. The fourth-order valence-corrected chi connectivity index (χ4v) is 4.36. The molecule has 2 heterocycles. The van der Waals surface area contributed by atoms with Gasteiger partial charge in [-0.05, 0) is 50.3 Å². The number of halogens is 1. The van der Waals surface area contributed by atoms with Crippen LogP contribution in [0.3, 0.4) is 0 Å². The second kappa shape index (κ2) is 13.7. The number of rotatable bonds is 8. The number of anilines is 1. The van der Waals surface area contributed by atoms with Crippen molar-refractivity contribution in [1.29, 1.82) is 0 Å². The molecule has 1 aromatic rings. The molecule has 1 aromatic carbocycles. The summed E-state index contributed by atoms with van der Waals surface area (Å²) in [6.45, 7) is 11.4. The average Bonchev–Trinajstić information content (AvgIpc) is 3.34. The van der Waals surface area contributed by atoms with Crippen LogP contribution in [0.1, 0.15) is 52.0 Å². The summed E-state index contributed by atoms with van der Waals surface area (Å²) in [5.41, 5.74) is 2.47. The van der Waals surface area contributed by atoms with Crippen LogP contribution in [0.2, 0.25) is 0 Å². The first kappa shape index (κ1) is 26.5. The topological polar surface area (TPSA) is 60.0 Å². The van der Waals surface area contributed by atoms with Crippen molar-refractivity contribution in [2.75, 3.05) is 37.6 Å². The third-order valence-corrected chi connectivity index (χ3v) is 6.34. The van der Waals surface area contributed by atoms with E-state index in [0.717, 1.165) is 64.4 Å². The molecule has 0 aliphatic carbocycles. The van der Waals surface area contributed by atoms with Crippen LogP contribution in [-0.2, 0) is 11.3 Å². The first-order valence-electron chi connectivity index (χ1n) is 12.0. The van der Waals surface area contributed by atoms with Crippen LogP contribution in [0.15, 0.2) is 41.4 Å². The van der Waals surface area contributed by atoms with Crippen LogP contribution in [-0.4, -0.2) is 55.5 Å². The number of carbonyl (C=O) groups is 1. The smallest absolute Gasteiger partial charge is 0.225 e. The van der Waals surface area contributed by atoms with Crippen LogP contribution in [0.25, 0.3) is 0 Å². The van der Waals surface area contributed by atoms with E-state index < -0.39 is 0 Å². The van der Waals surface area contributed by atoms with Crippen molar-refractivity contribution in [2.24, 2.45) is 10.9 Å². The van der Waals surface area contributed by atoms with Crippen LogP contribution in [0.5, 0.6) is 0 Å². The number of likely N-dealkylation sites (tertiary alicyclic amines) is 1. The summed E-state index contributed by atoms with van der Waals surface area (Å²) in [5, 5.41) is 6.97. The zero-order chi connectivity index (χ0) is 22.1. The van der Waals surface area contributed by atoms with E-state index in [-0.39, 0.29) is 29.9 Å². The molecule has 32 heavy (non-hydrogen) atoms. The van der Waals surface area contributed by atoms with Crippen LogP contribution >= 0.6 is 24.0 Å². The highest BCUT2D eigenvalue weighted by atomic mass is 127. The summed E-state index contributed by atoms with van der Waals surface area (Å²) < 4.78 is 0. The number of benzene rings is 1. The molecule has 6 nitrogen and oxygen atoms in total. The fraction of sp³-hybridized carbons (Fsp3) is 0.600. The Morgan fingerprint density at radius 2 is 1.81 bits per heavy atom. The zero-order valence-electron chi connectivity index (χ0n) is 19.8. The molecule has 0 saturated carbocycles. The van der Waals surface area contributed by atoms with Gasteiger partial charge in [-0.3, -0.25) is 4.79 Å². The van der Waals surface area contributed by atoms with Gasteiger partial charge in [-0.25, -0.2) is 4.99 Å². The van der Waals surface area contributed by atoms with Gasteiger partial charge < -0.3 is 20.4 Å². The molecule has 3 rings (SSSR count). The summed E-state index contributed by atoms with van der Waals surface area (Å²) in [6.07, 6.45) is 8.21. The number of nitrogens with zero attached hydrogens (tertiary/aromatic N) is 3. The van der Waals surface area contributed by atoms with E-state index in [1.807, 2.05) is 0 Å². The van der Waals surface area contributed by atoms with Gasteiger partial charge in [-0.15, -0.1) is 24.0 Å². The number of aliphatic imine (C=N–C) groups is 1. The molecule has 2 aliphatic heterocycles. The summed E-state index contributed by atoms with van der Waals surface area (Å²) in [4.78, 5) is 21.9. The van der Waals surface area contributed by atoms with Crippen LogP contribution in [0.4, 0.5) is 5.69 Å². The maximum absolute atomic E-state index is 12.6. The molecule has 1 fully saturated rings. The summed E-state index contributed by atoms with van der Waals surface area (Å²) >= 11 is 0. The van der Waals surface area contributed by atoms with Gasteiger partial charge in [0.05, 0.1) is 6.54 Å². The molecule has 0 unspecified atom stereocenters. The van der Waals surface area contributed by atoms with Crippen molar-refractivity contribution in [3.8, 4) is 0 Å². The number of hydrogen-bond donors (Lipinski definition) is 2. The zero-order valence-corrected chi connectivity index (χ0v) is 22.2. The maximum Gasteiger partial charge on any atom is 0.225 e. The lowest BCUT2D eigenvalue weighted by Gasteiger charge is -2.34. The third kappa shape index (κ3) is 7.39. The predicted octanol–water partition coefficient (Wildman–Crippen LogP) is 4.16. The van der Waals surface area contributed by atoms with Gasteiger partial charge in [0.1, 0.15) is 0 Å². The third-order valence-electron chi connectivity index (χ3n) is 6.34. The molecule has 2 N–H and O–H groups in total. The van der Waals surface area contributed by atoms with Gasteiger partial charge in [0.15, 0.2) is 5.96 Å². The number of carbonyl (C=O) groups excluding carboxylic acids is 1. The molecule has 0 radical (unpaired) electrons. The highest BCUT2D eigenvalue weighted by Crippen LogP contribution is 2.19. The number of piperidine rings is 1. The Bertz CT molecular complexity index is 761. The van der Waals surface area contributed by atoms with Gasteiger partial charge in [0.2, 0.25) is 5.91 Å². The van der Waals surface area contributed by atoms with Crippen LogP contribution in [0, 0.1) is 5.92 Å². The molecule has 2 aliphatic rings. The maximum atomic E-state index is 12.6. The fourth-order valence-electron chi connectivity index (χ4n) is 4.36. The number of guanidine groups is 1. The summed E-state index contributed by atoms with van der Waals surface area (Å²) in [6, 6.07) is 9.01. The van der Waals surface area contributed by atoms with E-state index in [4.69, 9.17) is 4.99 Å². The van der Waals surface area contributed by atoms with Gasteiger partial charge in [0, 0.05) is 50.4 Å². The minimum Gasteiger partial charge on any atom is -0.364 e. The SMILES string of the molecule is CCNC(=NCc1cccc(N2CC=CC2)c1)NC1CCN(C(=O)C(CC)CC)CC1.I. The Kier molecular flexibility index (Phi) is 11.3. The van der Waals surface area contributed by atoms with Gasteiger partial charge in [-0.1, -0.05) is 38.1 Å². The standard InChI is InChI=1S/C25H39N5O.HI/c1-4-21(5-2)24(31)30-16-12-22(13-17-30)28-25(26-6-3)27-19-20-10-9-11-23(18-20)29-14-7-8-15-29;/h7-11,18,21-22H,4-6,12-17,19H2,1-3H3,(H2,26,27,28);1H. The Balaban J connectivity index is 0.00000363. The van der Waals surface area contributed by atoms with Crippen molar-refractivity contribution in [3.05, 3.63) is 42.0 Å². The van der Waals surface area contributed by atoms with Crippen molar-refractivity contribution in [3.63, 3.8) is 0 Å². The molecular weight excluding hydrogens is 513 g/mol. The van der Waals surface area contributed by atoms with E-state index in [0.29, 0.717) is 18.5 Å². The van der Waals surface area contributed by atoms with Crippen LogP contribution < -0.4 is 15.5 Å². The van der Waals surface area contributed by atoms with Crippen molar-refractivity contribution < 1.29 is 4.79 Å². The number of amides is 1. The molecule has 0 atom stereocenters. The average molecular weight is 554 g/mol. The van der Waals surface area contributed by atoms with Crippen molar-refractivity contribution in [2.45, 2.75) is 59.0 Å². The second-order valence-corrected chi connectivity index (χ2v) is 8.50. The normalized spacial score (nSPS) is 16.9. The minimum atomic E-state index is 0. The largest absolute Gasteiger partial charge is 0.364 e. The monoisotopic (exact) mass is 553 g/mol. The predicted molar refractivity (Wildman–Crippen MR) is 145 cm³/mol. The quantitative estimate of drug-likeness (QED) is 0.220.